The molecule has 1 fully saturated rings. The van der Waals surface area contributed by atoms with Crippen molar-refractivity contribution in [3.05, 3.63) is 54.4 Å². The summed E-state index contributed by atoms with van der Waals surface area (Å²) in [7, 11) is -3.71. The van der Waals surface area contributed by atoms with Gasteiger partial charge in [-0.2, -0.15) is 4.31 Å². The molecule has 0 aliphatic carbocycles. The van der Waals surface area contributed by atoms with Crippen molar-refractivity contribution in [2.45, 2.75) is 18.2 Å². The molecule has 0 saturated carbocycles. The number of carbonyl (C=O) groups excluding carboxylic acids is 1. The van der Waals surface area contributed by atoms with Crippen molar-refractivity contribution in [3.8, 4) is 11.4 Å². The summed E-state index contributed by atoms with van der Waals surface area (Å²) >= 11 is 0. The second-order valence-corrected chi connectivity index (χ2v) is 9.19. The van der Waals surface area contributed by atoms with Crippen LogP contribution in [0.5, 0.6) is 5.75 Å². The molecule has 0 unspecified atom stereocenters. The summed E-state index contributed by atoms with van der Waals surface area (Å²) in [5.74, 6) is 0.104. The Bertz CT molecular complexity index is 1190. The number of aromatic nitrogens is 4. The summed E-state index contributed by atoms with van der Waals surface area (Å²) in [6.45, 7) is 3.47. The van der Waals surface area contributed by atoms with Gasteiger partial charge in [-0.25, -0.2) is 13.1 Å². The molecule has 12 heteroatoms. The first-order valence-electron chi connectivity index (χ1n) is 10.4. The Morgan fingerprint density at radius 3 is 2.58 bits per heavy atom. The summed E-state index contributed by atoms with van der Waals surface area (Å²) in [5.41, 5.74) is 1.85. The van der Waals surface area contributed by atoms with E-state index in [9.17, 15) is 13.2 Å². The number of nitrogens with one attached hydrogen (secondary N) is 1. The Morgan fingerprint density at radius 2 is 1.91 bits per heavy atom. The Morgan fingerprint density at radius 1 is 1.15 bits per heavy atom. The van der Waals surface area contributed by atoms with Crippen LogP contribution in [-0.2, 0) is 26.0 Å². The summed E-state index contributed by atoms with van der Waals surface area (Å²) < 4.78 is 39.8. The third-order valence-electron chi connectivity index (χ3n) is 5.05. The van der Waals surface area contributed by atoms with Gasteiger partial charge in [0.05, 0.1) is 42.5 Å². The molecule has 2 heterocycles. The van der Waals surface area contributed by atoms with E-state index in [-0.39, 0.29) is 30.3 Å². The van der Waals surface area contributed by atoms with Crippen LogP contribution in [0.4, 0.5) is 5.69 Å². The molecule has 0 spiro atoms. The predicted molar refractivity (Wildman–Crippen MR) is 119 cm³/mol. The first-order valence-corrected chi connectivity index (χ1v) is 11.9. The van der Waals surface area contributed by atoms with Crippen LogP contribution >= 0.6 is 0 Å². The first kappa shape index (κ1) is 22.8. The molecule has 11 nitrogen and oxygen atoms in total. The monoisotopic (exact) mass is 472 g/mol. The highest BCUT2D eigenvalue weighted by Gasteiger charge is 2.27. The molecule has 0 radical (unpaired) electrons. The molecule has 0 atom stereocenters. The molecule has 3 aromatic rings. The fourth-order valence-corrected chi connectivity index (χ4v) is 4.85. The van der Waals surface area contributed by atoms with Gasteiger partial charge in [-0.05, 0) is 53.2 Å². The number of anilines is 1. The van der Waals surface area contributed by atoms with E-state index < -0.39 is 10.0 Å². The number of nitrogens with zero attached hydrogens (tertiary/aromatic N) is 5. The Kier molecular flexibility index (Phi) is 6.96. The number of hydrogen-bond acceptors (Lipinski definition) is 8. The lowest BCUT2D eigenvalue weighted by Crippen LogP contribution is -2.40. The van der Waals surface area contributed by atoms with Gasteiger partial charge in [0.2, 0.25) is 15.9 Å². The fourth-order valence-electron chi connectivity index (χ4n) is 3.41. The average Bonchev–Trinajstić information content (AvgIpc) is 3.36. The van der Waals surface area contributed by atoms with E-state index >= 15 is 0 Å². The molecule has 1 aliphatic heterocycles. The minimum absolute atomic E-state index is 0.0916. The number of morpholine rings is 1. The second kappa shape index (κ2) is 10.1. The van der Waals surface area contributed by atoms with Gasteiger partial charge in [-0.1, -0.05) is 12.1 Å². The lowest BCUT2D eigenvalue weighted by atomic mass is 10.1. The van der Waals surface area contributed by atoms with Crippen molar-refractivity contribution < 1.29 is 22.7 Å². The van der Waals surface area contributed by atoms with Crippen molar-refractivity contribution in [1.82, 2.24) is 24.5 Å². The predicted octanol–water partition coefficient (Wildman–Crippen LogP) is 1.26. The molecule has 1 N–H and O–H groups in total. The highest BCUT2D eigenvalue weighted by molar-refractivity contribution is 7.89. The van der Waals surface area contributed by atoms with Crippen LogP contribution in [0.15, 0.2) is 53.7 Å². The van der Waals surface area contributed by atoms with Crippen LogP contribution in [0.3, 0.4) is 0 Å². The molecule has 174 valence electrons. The van der Waals surface area contributed by atoms with Crippen molar-refractivity contribution in [2.24, 2.45) is 0 Å². The Balaban J connectivity index is 1.50. The Hall–Kier alpha value is -3.35. The number of sulfonamides is 1. The smallest absolute Gasteiger partial charge is 0.243 e. The third kappa shape index (κ3) is 5.35. The zero-order chi connectivity index (χ0) is 23.3. The van der Waals surface area contributed by atoms with Crippen LogP contribution in [0.2, 0.25) is 0 Å². The quantitative estimate of drug-likeness (QED) is 0.519. The van der Waals surface area contributed by atoms with E-state index in [2.05, 4.69) is 20.8 Å². The van der Waals surface area contributed by atoms with Gasteiger partial charge in [-0.3, -0.25) is 4.79 Å². The van der Waals surface area contributed by atoms with Gasteiger partial charge in [0.25, 0.3) is 0 Å². The van der Waals surface area contributed by atoms with Crippen molar-refractivity contribution >= 4 is 21.6 Å². The zero-order valence-electron chi connectivity index (χ0n) is 18.0. The van der Waals surface area contributed by atoms with Crippen LogP contribution in [0.1, 0.15) is 12.5 Å². The van der Waals surface area contributed by atoms with Gasteiger partial charge in [-0.15, -0.1) is 5.10 Å². The fraction of sp³-hybridized carbons (Fsp3) is 0.333. The molecule has 4 rings (SSSR count). The van der Waals surface area contributed by atoms with E-state index in [1.807, 2.05) is 6.92 Å². The van der Waals surface area contributed by atoms with Crippen LogP contribution in [0, 0.1) is 0 Å². The standard InChI is InChI=1S/C21H24N6O5S/c1-2-32-20-8-7-18(33(29,30)26-9-11-31-12-10-26)14-19(20)23-21(28)13-16-3-5-17(6-4-16)27-15-22-24-25-27/h3-8,14-15H,2,9-13H2,1H3,(H,23,28). The van der Waals surface area contributed by atoms with Crippen molar-refractivity contribution in [2.75, 3.05) is 38.2 Å². The van der Waals surface area contributed by atoms with E-state index in [1.165, 1.54) is 27.4 Å². The first-order chi connectivity index (χ1) is 16.0. The number of amides is 1. The molecule has 1 aromatic heterocycles. The second-order valence-electron chi connectivity index (χ2n) is 7.25. The van der Waals surface area contributed by atoms with Crippen LogP contribution in [-0.4, -0.2) is 71.7 Å². The highest BCUT2D eigenvalue weighted by atomic mass is 32.2. The molecule has 2 aromatic carbocycles. The van der Waals surface area contributed by atoms with E-state index in [4.69, 9.17) is 9.47 Å². The maximum absolute atomic E-state index is 13.0. The topological polar surface area (TPSA) is 129 Å². The normalized spacial score (nSPS) is 14.7. The number of ether oxygens (including phenoxy) is 2. The minimum Gasteiger partial charge on any atom is -0.492 e. The van der Waals surface area contributed by atoms with Gasteiger partial charge < -0.3 is 14.8 Å². The van der Waals surface area contributed by atoms with Crippen molar-refractivity contribution in [1.29, 1.82) is 0 Å². The molecule has 1 saturated heterocycles. The minimum atomic E-state index is -3.71. The summed E-state index contributed by atoms with van der Waals surface area (Å²) in [4.78, 5) is 12.8. The van der Waals surface area contributed by atoms with Crippen LogP contribution in [0.25, 0.3) is 5.69 Å². The number of carbonyl (C=O) groups is 1. The largest absolute Gasteiger partial charge is 0.492 e. The number of hydrogen-bond donors (Lipinski definition) is 1. The summed E-state index contributed by atoms with van der Waals surface area (Å²) in [6, 6.07) is 11.7. The third-order valence-corrected chi connectivity index (χ3v) is 6.94. The molecular weight excluding hydrogens is 448 g/mol. The average molecular weight is 473 g/mol. The maximum atomic E-state index is 13.0. The van der Waals surface area contributed by atoms with Gasteiger partial charge in [0.15, 0.2) is 0 Å². The lowest BCUT2D eigenvalue weighted by molar-refractivity contribution is -0.115. The molecular formula is C21H24N6O5S. The van der Waals surface area contributed by atoms with Gasteiger partial charge in [0, 0.05) is 13.1 Å². The number of benzene rings is 2. The maximum Gasteiger partial charge on any atom is 0.243 e. The van der Waals surface area contributed by atoms with Gasteiger partial charge >= 0.3 is 0 Å². The number of rotatable bonds is 8. The van der Waals surface area contributed by atoms with E-state index in [0.717, 1.165) is 11.3 Å². The Labute approximate surface area is 191 Å². The van der Waals surface area contributed by atoms with E-state index in [0.29, 0.717) is 31.3 Å². The molecule has 0 bridgehead atoms. The molecule has 1 amide bonds. The lowest BCUT2D eigenvalue weighted by Gasteiger charge is -2.26. The zero-order valence-corrected chi connectivity index (χ0v) is 18.9. The van der Waals surface area contributed by atoms with Gasteiger partial charge in [0.1, 0.15) is 12.1 Å². The molecule has 1 aliphatic rings. The molecule has 33 heavy (non-hydrogen) atoms. The van der Waals surface area contributed by atoms with Crippen LogP contribution < -0.4 is 10.1 Å². The SMILES string of the molecule is CCOc1ccc(S(=O)(=O)N2CCOCC2)cc1NC(=O)Cc1ccc(-n2cnnn2)cc1. The van der Waals surface area contributed by atoms with Crippen molar-refractivity contribution in [3.63, 3.8) is 0 Å². The summed E-state index contributed by atoms with van der Waals surface area (Å²) in [5, 5.41) is 13.8. The van der Waals surface area contributed by atoms with E-state index in [1.54, 1.807) is 30.3 Å². The summed E-state index contributed by atoms with van der Waals surface area (Å²) in [6.07, 6.45) is 1.58. The highest BCUT2D eigenvalue weighted by Crippen LogP contribution is 2.30. The number of tetrazole rings is 1.